The Hall–Kier alpha value is -2.18. The van der Waals surface area contributed by atoms with Crippen LogP contribution in [0.1, 0.15) is 21.6 Å². The van der Waals surface area contributed by atoms with E-state index in [0.29, 0.717) is 30.7 Å². The molecule has 6 nitrogen and oxygen atoms in total. The minimum atomic E-state index is -0.443. The summed E-state index contributed by atoms with van der Waals surface area (Å²) < 4.78 is 10.1. The third-order valence-electron chi connectivity index (χ3n) is 4.22. The first-order valence-corrected chi connectivity index (χ1v) is 7.64. The van der Waals surface area contributed by atoms with Crippen LogP contribution >= 0.6 is 0 Å². The van der Waals surface area contributed by atoms with Gasteiger partial charge in [-0.15, -0.1) is 0 Å². The summed E-state index contributed by atoms with van der Waals surface area (Å²) in [7, 11) is 1.33. The third-order valence-corrected chi connectivity index (χ3v) is 4.22. The van der Waals surface area contributed by atoms with Crippen LogP contribution in [-0.4, -0.2) is 49.3 Å². The second-order valence-electron chi connectivity index (χ2n) is 5.70. The first-order chi connectivity index (χ1) is 11.1. The number of rotatable bonds is 3. The molecule has 3 rings (SSSR count). The van der Waals surface area contributed by atoms with Crippen molar-refractivity contribution in [3.05, 3.63) is 45.2 Å². The average Bonchev–Trinajstić information content (AvgIpc) is 2.58. The van der Waals surface area contributed by atoms with Crippen molar-refractivity contribution in [2.24, 2.45) is 0 Å². The Labute approximate surface area is 134 Å². The van der Waals surface area contributed by atoms with Crippen molar-refractivity contribution in [2.75, 3.05) is 33.4 Å². The number of aromatic nitrogens is 1. The second kappa shape index (κ2) is 6.52. The summed E-state index contributed by atoms with van der Waals surface area (Å²) in [6, 6.07) is 5.00. The molecule has 0 amide bonds. The monoisotopic (exact) mass is 316 g/mol. The Morgan fingerprint density at radius 1 is 1.35 bits per heavy atom. The molecule has 0 radical (unpaired) electrons. The number of carbonyl (C=O) groups excluding carboxylic acids is 1. The lowest BCUT2D eigenvalue weighted by Gasteiger charge is -2.26. The number of hydrogen-bond acceptors (Lipinski definition) is 5. The van der Waals surface area contributed by atoms with Crippen molar-refractivity contribution in [1.29, 1.82) is 0 Å². The van der Waals surface area contributed by atoms with Crippen LogP contribution < -0.4 is 5.43 Å². The zero-order chi connectivity index (χ0) is 16.4. The highest BCUT2D eigenvalue weighted by Crippen LogP contribution is 2.16. The van der Waals surface area contributed by atoms with Gasteiger partial charge in [0.05, 0.1) is 25.9 Å². The molecule has 0 unspecified atom stereocenters. The van der Waals surface area contributed by atoms with Gasteiger partial charge in [-0.1, -0.05) is 0 Å². The standard InChI is InChI=1S/C17H20N2O4/c1-11-14(10-19-5-7-23-8-6-19)16(20)13-9-12(17(21)22-2)3-4-15(13)18-11/h3-4,9H,5-8,10H2,1-2H3,(H,18,20). The van der Waals surface area contributed by atoms with Crippen LogP contribution in [0.15, 0.2) is 23.0 Å². The number of esters is 1. The molecule has 0 bridgehead atoms. The molecule has 0 spiro atoms. The quantitative estimate of drug-likeness (QED) is 0.868. The van der Waals surface area contributed by atoms with E-state index in [9.17, 15) is 9.59 Å². The largest absolute Gasteiger partial charge is 0.465 e. The predicted molar refractivity (Wildman–Crippen MR) is 86.7 cm³/mol. The normalized spacial score (nSPS) is 15.7. The Bertz CT molecular complexity index is 791. The van der Waals surface area contributed by atoms with Gasteiger partial charge >= 0.3 is 5.97 Å². The number of nitrogens with one attached hydrogen (secondary N) is 1. The highest BCUT2D eigenvalue weighted by atomic mass is 16.5. The van der Waals surface area contributed by atoms with Crippen molar-refractivity contribution in [1.82, 2.24) is 9.88 Å². The van der Waals surface area contributed by atoms with Crippen LogP contribution in [-0.2, 0) is 16.0 Å². The number of ether oxygens (including phenoxy) is 2. The van der Waals surface area contributed by atoms with Crippen LogP contribution in [0, 0.1) is 6.92 Å². The molecule has 1 aromatic carbocycles. The van der Waals surface area contributed by atoms with Crippen LogP contribution in [0.4, 0.5) is 0 Å². The van der Waals surface area contributed by atoms with Gasteiger partial charge in [-0.05, 0) is 25.1 Å². The van der Waals surface area contributed by atoms with Gasteiger partial charge in [0.15, 0.2) is 5.43 Å². The number of hydrogen-bond donors (Lipinski definition) is 1. The summed E-state index contributed by atoms with van der Waals surface area (Å²) in [5.41, 5.74) is 2.67. The number of carbonyl (C=O) groups is 1. The number of pyridine rings is 1. The lowest BCUT2D eigenvalue weighted by Crippen LogP contribution is -2.37. The molecule has 1 saturated heterocycles. The first-order valence-electron chi connectivity index (χ1n) is 7.64. The summed E-state index contributed by atoms with van der Waals surface area (Å²) in [6.07, 6.45) is 0. The molecule has 23 heavy (non-hydrogen) atoms. The summed E-state index contributed by atoms with van der Waals surface area (Å²) in [5.74, 6) is -0.443. The molecule has 1 aliphatic heterocycles. The molecule has 0 saturated carbocycles. The Morgan fingerprint density at radius 3 is 2.78 bits per heavy atom. The maximum absolute atomic E-state index is 12.9. The fraction of sp³-hybridized carbons (Fsp3) is 0.412. The SMILES string of the molecule is COC(=O)c1ccc2[nH]c(C)c(CN3CCOCC3)c(=O)c2c1. The van der Waals surface area contributed by atoms with E-state index in [4.69, 9.17) is 9.47 Å². The lowest BCUT2D eigenvalue weighted by atomic mass is 10.1. The molecule has 1 N–H and O–H groups in total. The zero-order valence-electron chi connectivity index (χ0n) is 13.3. The second-order valence-corrected chi connectivity index (χ2v) is 5.70. The molecule has 122 valence electrons. The van der Waals surface area contributed by atoms with Crippen molar-refractivity contribution in [3.63, 3.8) is 0 Å². The number of aromatic amines is 1. The van der Waals surface area contributed by atoms with E-state index in [0.717, 1.165) is 29.9 Å². The van der Waals surface area contributed by atoms with Gasteiger partial charge in [0.25, 0.3) is 0 Å². The molecule has 0 aliphatic carbocycles. The molecule has 1 aromatic heterocycles. The van der Waals surface area contributed by atoms with E-state index in [1.807, 2.05) is 6.92 Å². The van der Waals surface area contributed by atoms with Crippen LogP contribution in [0.5, 0.6) is 0 Å². The minimum absolute atomic E-state index is 0.0338. The molecule has 2 aromatic rings. The molecular formula is C17H20N2O4. The summed E-state index contributed by atoms with van der Waals surface area (Å²) in [5, 5.41) is 0.516. The minimum Gasteiger partial charge on any atom is -0.465 e. The molecule has 0 atom stereocenters. The first kappa shape index (κ1) is 15.7. The van der Waals surface area contributed by atoms with Gasteiger partial charge in [-0.2, -0.15) is 0 Å². The van der Waals surface area contributed by atoms with E-state index < -0.39 is 5.97 Å². The smallest absolute Gasteiger partial charge is 0.337 e. The van der Waals surface area contributed by atoms with Gasteiger partial charge in [-0.25, -0.2) is 4.79 Å². The summed E-state index contributed by atoms with van der Waals surface area (Å²) in [4.78, 5) is 30.0. The number of aryl methyl sites for hydroxylation is 1. The number of fused-ring (bicyclic) bond motifs is 1. The van der Waals surface area contributed by atoms with E-state index in [1.165, 1.54) is 7.11 Å². The molecule has 1 fully saturated rings. The maximum Gasteiger partial charge on any atom is 0.337 e. The Kier molecular flexibility index (Phi) is 4.45. The average molecular weight is 316 g/mol. The van der Waals surface area contributed by atoms with Gasteiger partial charge in [0.1, 0.15) is 0 Å². The Balaban J connectivity index is 2.03. The van der Waals surface area contributed by atoms with E-state index in [1.54, 1.807) is 18.2 Å². The summed E-state index contributed by atoms with van der Waals surface area (Å²) in [6.45, 7) is 5.51. The third kappa shape index (κ3) is 3.13. The zero-order valence-corrected chi connectivity index (χ0v) is 13.3. The summed E-state index contributed by atoms with van der Waals surface area (Å²) >= 11 is 0. The fourth-order valence-corrected chi connectivity index (χ4v) is 2.87. The van der Waals surface area contributed by atoms with Crippen molar-refractivity contribution >= 4 is 16.9 Å². The number of H-pyrrole nitrogens is 1. The molecule has 2 heterocycles. The van der Waals surface area contributed by atoms with E-state index in [2.05, 4.69) is 9.88 Å². The Morgan fingerprint density at radius 2 is 2.09 bits per heavy atom. The van der Waals surface area contributed by atoms with Gasteiger partial charge in [0.2, 0.25) is 0 Å². The van der Waals surface area contributed by atoms with Crippen molar-refractivity contribution in [2.45, 2.75) is 13.5 Å². The highest BCUT2D eigenvalue weighted by Gasteiger charge is 2.17. The van der Waals surface area contributed by atoms with Crippen LogP contribution in [0.3, 0.4) is 0 Å². The predicted octanol–water partition coefficient (Wildman–Crippen LogP) is 1.46. The van der Waals surface area contributed by atoms with Crippen LogP contribution in [0.2, 0.25) is 0 Å². The van der Waals surface area contributed by atoms with Crippen molar-refractivity contribution in [3.8, 4) is 0 Å². The van der Waals surface area contributed by atoms with Crippen molar-refractivity contribution < 1.29 is 14.3 Å². The molecule has 6 heteroatoms. The molecule has 1 aliphatic rings. The topological polar surface area (TPSA) is 71.6 Å². The number of morpholine rings is 1. The van der Waals surface area contributed by atoms with Crippen LogP contribution in [0.25, 0.3) is 10.9 Å². The molecular weight excluding hydrogens is 296 g/mol. The van der Waals surface area contributed by atoms with Gasteiger partial charge < -0.3 is 14.5 Å². The lowest BCUT2D eigenvalue weighted by molar-refractivity contribution is 0.0339. The van der Waals surface area contributed by atoms with E-state index in [-0.39, 0.29) is 5.43 Å². The van der Waals surface area contributed by atoms with E-state index >= 15 is 0 Å². The number of benzene rings is 1. The highest BCUT2D eigenvalue weighted by molar-refractivity contribution is 5.94. The fourth-order valence-electron chi connectivity index (χ4n) is 2.87. The number of methoxy groups -OCH3 is 1. The van der Waals surface area contributed by atoms with Gasteiger partial charge in [-0.3, -0.25) is 9.69 Å². The number of nitrogens with zero attached hydrogens (tertiary/aromatic N) is 1. The van der Waals surface area contributed by atoms with Gasteiger partial charge in [0, 0.05) is 41.8 Å². The maximum atomic E-state index is 12.9.